The molecule has 104 valence electrons. The van der Waals surface area contributed by atoms with Crippen molar-refractivity contribution in [2.75, 3.05) is 0 Å². The largest absolute Gasteiger partial charge is 0.364 e. The molecule has 0 spiro atoms. The molecule has 6 nitrogen and oxygen atoms in total. The van der Waals surface area contributed by atoms with Crippen LogP contribution in [-0.2, 0) is 17.9 Å². The maximum atomic E-state index is 11.4. The van der Waals surface area contributed by atoms with Crippen LogP contribution in [0.1, 0.15) is 28.7 Å². The molecule has 0 fully saturated rings. The Morgan fingerprint density at radius 3 is 2.60 bits per heavy atom. The van der Waals surface area contributed by atoms with E-state index in [1.807, 2.05) is 34.9 Å². The summed E-state index contributed by atoms with van der Waals surface area (Å²) in [7, 11) is 0. The quantitative estimate of drug-likeness (QED) is 0.838. The molecule has 1 aromatic heterocycles. The topological polar surface area (TPSA) is 90.0 Å². The molecule has 2 rings (SSSR count). The van der Waals surface area contributed by atoms with Gasteiger partial charge in [0.2, 0.25) is 5.91 Å². The lowest BCUT2D eigenvalue weighted by Gasteiger charge is -2.10. The van der Waals surface area contributed by atoms with E-state index in [0.29, 0.717) is 12.2 Å². The Labute approximate surface area is 116 Å². The predicted molar refractivity (Wildman–Crippen MR) is 73.8 cm³/mol. The molecule has 0 aliphatic heterocycles. The summed E-state index contributed by atoms with van der Waals surface area (Å²) in [6, 6.07) is 9.77. The van der Waals surface area contributed by atoms with Crippen molar-refractivity contribution in [3.05, 3.63) is 53.6 Å². The van der Waals surface area contributed by atoms with Crippen molar-refractivity contribution >= 4 is 11.8 Å². The van der Waals surface area contributed by atoms with Crippen molar-refractivity contribution in [2.24, 2.45) is 5.73 Å². The minimum absolute atomic E-state index is 0.173. The van der Waals surface area contributed by atoms with Gasteiger partial charge in [0, 0.05) is 13.5 Å². The van der Waals surface area contributed by atoms with Crippen molar-refractivity contribution in [3.8, 4) is 0 Å². The van der Waals surface area contributed by atoms with Gasteiger partial charge in [-0.25, -0.2) is 4.98 Å². The van der Waals surface area contributed by atoms with E-state index in [1.165, 1.54) is 6.92 Å². The van der Waals surface area contributed by atoms with Crippen LogP contribution in [0.2, 0.25) is 0 Å². The number of aromatic nitrogens is 2. The number of carbonyl (C=O) groups excluding carboxylic acids is 2. The van der Waals surface area contributed by atoms with Crippen LogP contribution in [-0.4, -0.2) is 21.4 Å². The van der Waals surface area contributed by atoms with Gasteiger partial charge in [-0.05, 0) is 5.56 Å². The van der Waals surface area contributed by atoms with Crippen LogP contribution in [0.3, 0.4) is 0 Å². The van der Waals surface area contributed by atoms with Crippen molar-refractivity contribution in [3.63, 3.8) is 0 Å². The summed E-state index contributed by atoms with van der Waals surface area (Å²) >= 11 is 0. The van der Waals surface area contributed by atoms with Gasteiger partial charge in [-0.1, -0.05) is 30.3 Å². The average Bonchev–Trinajstić information content (AvgIpc) is 2.80. The van der Waals surface area contributed by atoms with Gasteiger partial charge in [0.15, 0.2) is 5.69 Å². The molecule has 6 heteroatoms. The Balaban J connectivity index is 2.27. The predicted octanol–water partition coefficient (Wildman–Crippen LogP) is 0.666. The fraction of sp³-hybridized carbons (Fsp3) is 0.214. The summed E-state index contributed by atoms with van der Waals surface area (Å²) in [5, 5.41) is 2.66. The fourth-order valence-electron chi connectivity index (χ4n) is 1.92. The van der Waals surface area contributed by atoms with Crippen molar-refractivity contribution in [1.29, 1.82) is 0 Å². The minimum atomic E-state index is -0.600. The summed E-state index contributed by atoms with van der Waals surface area (Å²) in [6.45, 7) is 2.21. The number of amides is 2. The lowest BCUT2D eigenvalue weighted by molar-refractivity contribution is -0.119. The molecular weight excluding hydrogens is 256 g/mol. The molecule has 0 saturated heterocycles. The van der Waals surface area contributed by atoms with Gasteiger partial charge in [0.25, 0.3) is 5.91 Å². The molecule has 2 aromatic rings. The number of benzene rings is 1. The van der Waals surface area contributed by atoms with Gasteiger partial charge in [0.1, 0.15) is 0 Å². The van der Waals surface area contributed by atoms with Gasteiger partial charge in [-0.3, -0.25) is 9.59 Å². The van der Waals surface area contributed by atoms with Crippen LogP contribution in [0.25, 0.3) is 0 Å². The fourth-order valence-corrected chi connectivity index (χ4v) is 1.92. The first kappa shape index (κ1) is 13.8. The highest BCUT2D eigenvalue weighted by atomic mass is 16.1. The van der Waals surface area contributed by atoms with Crippen molar-refractivity contribution < 1.29 is 9.59 Å². The highest BCUT2D eigenvalue weighted by molar-refractivity contribution is 5.92. The molecule has 2 amide bonds. The first-order chi connectivity index (χ1) is 9.58. The highest BCUT2D eigenvalue weighted by Crippen LogP contribution is 2.10. The lowest BCUT2D eigenvalue weighted by atomic mass is 10.2. The maximum Gasteiger partial charge on any atom is 0.269 e. The van der Waals surface area contributed by atoms with E-state index >= 15 is 0 Å². The van der Waals surface area contributed by atoms with Crippen LogP contribution < -0.4 is 11.1 Å². The number of hydrogen-bond acceptors (Lipinski definition) is 3. The Morgan fingerprint density at radius 2 is 2.00 bits per heavy atom. The monoisotopic (exact) mass is 272 g/mol. The van der Waals surface area contributed by atoms with Crippen LogP contribution >= 0.6 is 0 Å². The second kappa shape index (κ2) is 6.01. The molecule has 0 atom stereocenters. The van der Waals surface area contributed by atoms with Crippen molar-refractivity contribution in [2.45, 2.75) is 20.0 Å². The van der Waals surface area contributed by atoms with Crippen LogP contribution in [0.5, 0.6) is 0 Å². The van der Waals surface area contributed by atoms with Crippen molar-refractivity contribution in [1.82, 2.24) is 14.9 Å². The van der Waals surface area contributed by atoms with Gasteiger partial charge < -0.3 is 15.6 Å². The Morgan fingerprint density at radius 1 is 1.30 bits per heavy atom. The zero-order valence-corrected chi connectivity index (χ0v) is 11.2. The number of rotatable bonds is 5. The third-order valence-corrected chi connectivity index (χ3v) is 2.88. The average molecular weight is 272 g/mol. The zero-order valence-electron chi connectivity index (χ0n) is 11.2. The number of imidazole rings is 1. The summed E-state index contributed by atoms with van der Waals surface area (Å²) in [4.78, 5) is 26.4. The number of primary amides is 1. The Bertz CT molecular complexity index is 619. The first-order valence-electron chi connectivity index (χ1n) is 6.20. The number of nitrogens with one attached hydrogen (secondary N) is 1. The highest BCUT2D eigenvalue weighted by Gasteiger charge is 2.15. The van der Waals surface area contributed by atoms with Gasteiger partial charge in [-0.15, -0.1) is 0 Å². The molecule has 0 aliphatic carbocycles. The van der Waals surface area contributed by atoms with Crippen LogP contribution in [0.15, 0.2) is 36.7 Å². The van der Waals surface area contributed by atoms with E-state index in [0.717, 1.165) is 5.56 Å². The smallest absolute Gasteiger partial charge is 0.269 e. The third kappa shape index (κ3) is 3.23. The zero-order chi connectivity index (χ0) is 14.5. The van der Waals surface area contributed by atoms with E-state index in [4.69, 9.17) is 5.73 Å². The molecule has 1 aromatic carbocycles. The minimum Gasteiger partial charge on any atom is -0.364 e. The summed E-state index contributed by atoms with van der Waals surface area (Å²) in [5.41, 5.74) is 7.17. The van der Waals surface area contributed by atoms with Crippen LogP contribution in [0, 0.1) is 0 Å². The van der Waals surface area contributed by atoms with Crippen LogP contribution in [0.4, 0.5) is 0 Å². The molecule has 20 heavy (non-hydrogen) atoms. The summed E-state index contributed by atoms with van der Waals surface area (Å²) in [6.07, 6.45) is 1.56. The molecule has 1 heterocycles. The Hall–Kier alpha value is -2.63. The van der Waals surface area contributed by atoms with Gasteiger partial charge in [-0.2, -0.15) is 0 Å². The van der Waals surface area contributed by atoms with Gasteiger partial charge >= 0.3 is 0 Å². The Kier molecular flexibility index (Phi) is 4.14. The second-order valence-corrected chi connectivity index (χ2v) is 4.43. The van der Waals surface area contributed by atoms with E-state index in [2.05, 4.69) is 10.3 Å². The molecule has 0 bridgehead atoms. The summed E-state index contributed by atoms with van der Waals surface area (Å²) in [5.74, 6) is -0.773. The number of hydrogen-bond donors (Lipinski definition) is 2. The maximum absolute atomic E-state index is 11.4. The van der Waals surface area contributed by atoms with Gasteiger partial charge in [0.05, 0.1) is 18.6 Å². The number of carbonyl (C=O) groups is 2. The summed E-state index contributed by atoms with van der Waals surface area (Å²) < 4.78 is 1.81. The lowest BCUT2D eigenvalue weighted by Crippen LogP contribution is -2.24. The van der Waals surface area contributed by atoms with E-state index in [-0.39, 0.29) is 18.1 Å². The molecule has 0 radical (unpaired) electrons. The SMILES string of the molecule is CC(=O)NCc1c(C(N)=O)ncn1Cc1ccccc1. The molecule has 3 N–H and O–H groups in total. The molecule has 0 saturated carbocycles. The third-order valence-electron chi connectivity index (χ3n) is 2.88. The van der Waals surface area contributed by atoms with E-state index in [9.17, 15) is 9.59 Å². The first-order valence-corrected chi connectivity index (χ1v) is 6.20. The standard InChI is InChI=1S/C14H16N4O2/c1-10(19)16-7-12-13(14(15)20)17-9-18(12)8-11-5-3-2-4-6-11/h2-6,9H,7-8H2,1H3,(H2,15,20)(H,16,19). The number of nitrogens with zero attached hydrogens (tertiary/aromatic N) is 2. The molecular formula is C14H16N4O2. The molecule has 0 aliphatic rings. The number of nitrogens with two attached hydrogens (primary N) is 1. The second-order valence-electron chi connectivity index (χ2n) is 4.43. The van der Waals surface area contributed by atoms with E-state index in [1.54, 1.807) is 6.33 Å². The normalized spacial score (nSPS) is 10.2. The molecule has 0 unspecified atom stereocenters. The van der Waals surface area contributed by atoms with E-state index < -0.39 is 5.91 Å².